The van der Waals surface area contributed by atoms with Crippen molar-refractivity contribution in [3.05, 3.63) is 59.7 Å². The van der Waals surface area contributed by atoms with Gasteiger partial charge in [-0.1, -0.05) is 36.3 Å². The number of rotatable bonds is 3. The summed E-state index contributed by atoms with van der Waals surface area (Å²) in [5, 5.41) is 2.46. The van der Waals surface area contributed by atoms with Gasteiger partial charge in [0.25, 0.3) is 0 Å². The van der Waals surface area contributed by atoms with Gasteiger partial charge in [-0.3, -0.25) is 0 Å². The third-order valence-corrected chi connectivity index (χ3v) is 2.63. The standard InChI is InChI=1S/C16H14FN3O2/c17-15-9-8-13(18)14(20-15)7-4-10-19-16(21)22-11-12-5-2-1-3-6-12/h1-3,5-6,8-9H,10-11,18H2,(H,19,21). The molecule has 0 aliphatic heterocycles. The molecule has 0 bridgehead atoms. The molecule has 1 amide bonds. The van der Waals surface area contributed by atoms with Crippen molar-refractivity contribution in [2.75, 3.05) is 12.3 Å². The molecular formula is C16H14FN3O2. The lowest BCUT2D eigenvalue weighted by molar-refractivity contribution is 0.141. The minimum atomic E-state index is -0.659. The van der Waals surface area contributed by atoms with Crippen LogP contribution in [0, 0.1) is 17.8 Å². The molecule has 3 N–H and O–H groups in total. The van der Waals surface area contributed by atoms with Crippen LogP contribution in [0.4, 0.5) is 14.9 Å². The number of amides is 1. The Labute approximate surface area is 127 Å². The zero-order chi connectivity index (χ0) is 15.8. The van der Waals surface area contributed by atoms with Crippen LogP contribution in [0.15, 0.2) is 42.5 Å². The minimum absolute atomic E-state index is 0.0469. The van der Waals surface area contributed by atoms with Crippen molar-refractivity contribution in [2.24, 2.45) is 0 Å². The average molecular weight is 299 g/mol. The van der Waals surface area contributed by atoms with Crippen molar-refractivity contribution in [3.63, 3.8) is 0 Å². The lowest BCUT2D eigenvalue weighted by Gasteiger charge is -2.04. The van der Waals surface area contributed by atoms with Gasteiger partial charge in [-0.25, -0.2) is 9.78 Å². The smallest absolute Gasteiger partial charge is 0.408 e. The average Bonchev–Trinajstić information content (AvgIpc) is 2.53. The van der Waals surface area contributed by atoms with E-state index in [-0.39, 0.29) is 24.5 Å². The van der Waals surface area contributed by atoms with Gasteiger partial charge in [0.1, 0.15) is 12.3 Å². The number of nitrogens with two attached hydrogens (primary N) is 1. The molecule has 0 unspecified atom stereocenters. The number of nitrogens with one attached hydrogen (secondary N) is 1. The van der Waals surface area contributed by atoms with Gasteiger partial charge in [0.2, 0.25) is 5.95 Å². The van der Waals surface area contributed by atoms with Gasteiger partial charge in [0, 0.05) is 0 Å². The Balaban J connectivity index is 1.78. The first-order valence-electron chi connectivity index (χ1n) is 6.50. The molecule has 2 aromatic rings. The molecule has 0 fully saturated rings. The zero-order valence-corrected chi connectivity index (χ0v) is 11.7. The van der Waals surface area contributed by atoms with E-state index in [2.05, 4.69) is 22.1 Å². The van der Waals surface area contributed by atoms with Crippen LogP contribution in [-0.2, 0) is 11.3 Å². The predicted octanol–water partition coefficient (Wildman–Crippen LogP) is 2.08. The quantitative estimate of drug-likeness (QED) is 0.672. The summed E-state index contributed by atoms with van der Waals surface area (Å²) >= 11 is 0. The Hall–Kier alpha value is -3.07. The summed E-state index contributed by atoms with van der Waals surface area (Å²) in [6.07, 6.45) is -0.585. The third kappa shape index (κ3) is 4.80. The van der Waals surface area contributed by atoms with Crippen LogP contribution in [0.5, 0.6) is 0 Å². The molecule has 0 aliphatic carbocycles. The second kappa shape index (κ2) is 7.64. The molecule has 0 saturated heterocycles. The lowest BCUT2D eigenvalue weighted by Crippen LogP contribution is -2.24. The fourth-order valence-corrected chi connectivity index (χ4v) is 1.56. The number of benzene rings is 1. The molecule has 0 atom stereocenters. The second-order valence-electron chi connectivity index (χ2n) is 4.29. The van der Waals surface area contributed by atoms with Crippen LogP contribution in [-0.4, -0.2) is 17.6 Å². The van der Waals surface area contributed by atoms with Crippen LogP contribution in [0.1, 0.15) is 11.3 Å². The van der Waals surface area contributed by atoms with E-state index in [9.17, 15) is 9.18 Å². The normalized spacial score (nSPS) is 9.50. The molecule has 1 aromatic heterocycles. The fraction of sp³-hybridized carbons (Fsp3) is 0.125. The fourth-order valence-electron chi connectivity index (χ4n) is 1.56. The number of anilines is 1. The first kappa shape index (κ1) is 15.3. The van der Waals surface area contributed by atoms with Gasteiger partial charge in [0.15, 0.2) is 0 Å². The first-order chi connectivity index (χ1) is 10.6. The van der Waals surface area contributed by atoms with Crippen molar-refractivity contribution in [1.82, 2.24) is 10.3 Å². The highest BCUT2D eigenvalue weighted by atomic mass is 19.1. The molecule has 0 saturated carbocycles. The number of ether oxygens (including phenoxy) is 1. The number of carbonyl (C=O) groups is 1. The Morgan fingerprint density at radius 3 is 2.82 bits per heavy atom. The van der Waals surface area contributed by atoms with E-state index in [1.807, 2.05) is 30.3 Å². The number of carbonyl (C=O) groups excluding carboxylic acids is 1. The molecule has 1 heterocycles. The largest absolute Gasteiger partial charge is 0.445 e. The maximum atomic E-state index is 12.9. The number of nitrogens with zero attached hydrogens (tertiary/aromatic N) is 1. The van der Waals surface area contributed by atoms with Crippen molar-refractivity contribution in [3.8, 4) is 11.8 Å². The number of alkyl carbamates (subject to hydrolysis) is 1. The van der Waals surface area contributed by atoms with E-state index in [4.69, 9.17) is 10.5 Å². The minimum Gasteiger partial charge on any atom is -0.445 e. The highest BCUT2D eigenvalue weighted by molar-refractivity contribution is 5.67. The topological polar surface area (TPSA) is 77.2 Å². The maximum Gasteiger partial charge on any atom is 0.408 e. The van der Waals surface area contributed by atoms with E-state index in [1.165, 1.54) is 6.07 Å². The molecule has 0 spiro atoms. The van der Waals surface area contributed by atoms with Crippen molar-refractivity contribution >= 4 is 11.8 Å². The number of hydrogen-bond acceptors (Lipinski definition) is 4. The summed E-state index contributed by atoms with van der Waals surface area (Å²) < 4.78 is 17.9. The number of hydrogen-bond donors (Lipinski definition) is 2. The number of aromatic nitrogens is 1. The van der Waals surface area contributed by atoms with Gasteiger partial charge < -0.3 is 15.8 Å². The number of nitrogen functional groups attached to an aromatic ring is 1. The van der Waals surface area contributed by atoms with Crippen LogP contribution in [0.25, 0.3) is 0 Å². The predicted molar refractivity (Wildman–Crippen MR) is 80.1 cm³/mol. The highest BCUT2D eigenvalue weighted by Gasteiger charge is 2.01. The molecular weight excluding hydrogens is 285 g/mol. The summed E-state index contributed by atoms with van der Waals surface area (Å²) in [5.41, 5.74) is 6.91. The first-order valence-corrected chi connectivity index (χ1v) is 6.50. The molecule has 1 aromatic carbocycles. The summed E-state index contributed by atoms with van der Waals surface area (Å²) in [4.78, 5) is 15.0. The van der Waals surface area contributed by atoms with Crippen LogP contribution >= 0.6 is 0 Å². The van der Waals surface area contributed by atoms with E-state index in [0.717, 1.165) is 11.6 Å². The Morgan fingerprint density at radius 1 is 1.27 bits per heavy atom. The second-order valence-corrected chi connectivity index (χ2v) is 4.29. The molecule has 0 aliphatic rings. The lowest BCUT2D eigenvalue weighted by atomic mass is 10.2. The molecule has 6 heteroatoms. The number of halogens is 1. The van der Waals surface area contributed by atoms with Gasteiger partial charge in [-0.2, -0.15) is 4.39 Å². The van der Waals surface area contributed by atoms with Crippen LogP contribution in [0.3, 0.4) is 0 Å². The summed E-state index contributed by atoms with van der Waals surface area (Å²) in [7, 11) is 0. The Morgan fingerprint density at radius 2 is 2.05 bits per heavy atom. The van der Waals surface area contributed by atoms with Gasteiger partial charge in [-0.15, -0.1) is 0 Å². The molecule has 22 heavy (non-hydrogen) atoms. The monoisotopic (exact) mass is 299 g/mol. The zero-order valence-electron chi connectivity index (χ0n) is 11.7. The Kier molecular flexibility index (Phi) is 5.32. The summed E-state index contributed by atoms with van der Waals surface area (Å²) in [6, 6.07) is 11.8. The van der Waals surface area contributed by atoms with Gasteiger partial charge >= 0.3 is 6.09 Å². The third-order valence-electron chi connectivity index (χ3n) is 2.63. The van der Waals surface area contributed by atoms with Crippen molar-refractivity contribution in [2.45, 2.75) is 6.61 Å². The molecule has 2 rings (SSSR count). The van der Waals surface area contributed by atoms with E-state index in [0.29, 0.717) is 0 Å². The molecule has 5 nitrogen and oxygen atoms in total. The van der Waals surface area contributed by atoms with Gasteiger partial charge in [-0.05, 0) is 23.6 Å². The van der Waals surface area contributed by atoms with E-state index in [1.54, 1.807) is 0 Å². The van der Waals surface area contributed by atoms with Crippen molar-refractivity contribution in [1.29, 1.82) is 0 Å². The van der Waals surface area contributed by atoms with Crippen LogP contribution < -0.4 is 11.1 Å². The van der Waals surface area contributed by atoms with E-state index >= 15 is 0 Å². The maximum absolute atomic E-state index is 12.9. The van der Waals surface area contributed by atoms with Crippen LogP contribution in [0.2, 0.25) is 0 Å². The molecule has 112 valence electrons. The Bertz CT molecular complexity index is 708. The SMILES string of the molecule is Nc1ccc(F)nc1C#CCNC(=O)OCc1ccccc1. The van der Waals surface area contributed by atoms with Crippen molar-refractivity contribution < 1.29 is 13.9 Å². The summed E-state index contributed by atoms with van der Waals surface area (Å²) in [5.74, 6) is 4.56. The summed E-state index contributed by atoms with van der Waals surface area (Å²) in [6.45, 7) is 0.226. The number of pyridine rings is 1. The molecule has 0 radical (unpaired) electrons. The van der Waals surface area contributed by atoms with E-state index < -0.39 is 12.0 Å². The van der Waals surface area contributed by atoms with Gasteiger partial charge in [0.05, 0.1) is 12.2 Å². The highest BCUT2D eigenvalue weighted by Crippen LogP contribution is 2.07.